The van der Waals surface area contributed by atoms with E-state index in [9.17, 15) is 9.59 Å². The normalized spacial score (nSPS) is 11.3. The van der Waals surface area contributed by atoms with Gasteiger partial charge in [-0.25, -0.2) is 4.68 Å². The van der Waals surface area contributed by atoms with E-state index < -0.39 is 0 Å². The molecule has 6 nitrogen and oxygen atoms in total. The Labute approximate surface area is 151 Å². The lowest BCUT2D eigenvalue weighted by Gasteiger charge is -2.19. The minimum atomic E-state index is -0.349. The van der Waals surface area contributed by atoms with Gasteiger partial charge in [0, 0.05) is 11.8 Å². The molecule has 0 atom stereocenters. The molecule has 0 aliphatic carbocycles. The molecule has 2 aromatic heterocycles. The van der Waals surface area contributed by atoms with Crippen LogP contribution < -0.4 is 10.9 Å². The van der Waals surface area contributed by atoms with Crippen LogP contribution in [0.1, 0.15) is 26.3 Å². The van der Waals surface area contributed by atoms with E-state index in [0.717, 1.165) is 4.68 Å². The van der Waals surface area contributed by atoms with E-state index in [2.05, 4.69) is 31.2 Å². The van der Waals surface area contributed by atoms with Crippen molar-refractivity contribution in [3.05, 3.63) is 70.7 Å². The van der Waals surface area contributed by atoms with Crippen molar-refractivity contribution in [2.75, 3.05) is 5.32 Å². The van der Waals surface area contributed by atoms with Crippen LogP contribution in [0.3, 0.4) is 0 Å². The molecule has 0 spiro atoms. The van der Waals surface area contributed by atoms with Gasteiger partial charge in [0.15, 0.2) is 5.76 Å². The van der Waals surface area contributed by atoms with Crippen molar-refractivity contribution in [1.29, 1.82) is 0 Å². The molecule has 0 fully saturated rings. The number of carbonyl (C=O) groups is 1. The van der Waals surface area contributed by atoms with Crippen LogP contribution in [0, 0.1) is 0 Å². The third-order valence-corrected chi connectivity index (χ3v) is 3.97. The van der Waals surface area contributed by atoms with Crippen molar-refractivity contribution >= 4 is 11.6 Å². The Morgan fingerprint density at radius 2 is 1.85 bits per heavy atom. The highest BCUT2D eigenvalue weighted by molar-refractivity contribution is 5.90. The Hall–Kier alpha value is -3.15. The van der Waals surface area contributed by atoms with E-state index in [1.807, 2.05) is 24.3 Å². The van der Waals surface area contributed by atoms with Crippen LogP contribution in [0.15, 0.2) is 64.0 Å². The maximum absolute atomic E-state index is 12.3. The molecule has 1 amide bonds. The number of furan rings is 1. The zero-order valence-electron chi connectivity index (χ0n) is 15.0. The molecule has 0 saturated carbocycles. The maximum Gasteiger partial charge on any atom is 0.267 e. The summed E-state index contributed by atoms with van der Waals surface area (Å²) in [5.74, 6) is 0.219. The predicted octanol–water partition coefficient (Wildman–Crippen LogP) is 3.44. The highest BCUT2D eigenvalue weighted by atomic mass is 16.3. The van der Waals surface area contributed by atoms with Gasteiger partial charge in [0.2, 0.25) is 5.91 Å². The van der Waals surface area contributed by atoms with Crippen LogP contribution in [-0.4, -0.2) is 15.7 Å². The SMILES string of the molecule is CC(C)(C)c1ccc(NC(=O)Cn2nc(-c3ccco3)ccc2=O)cc1. The molecule has 26 heavy (non-hydrogen) atoms. The minimum absolute atomic E-state index is 0.0477. The van der Waals surface area contributed by atoms with Gasteiger partial charge in [-0.2, -0.15) is 5.10 Å². The molecule has 0 bridgehead atoms. The number of benzene rings is 1. The molecule has 134 valence electrons. The average Bonchev–Trinajstić information content (AvgIpc) is 3.11. The lowest BCUT2D eigenvalue weighted by atomic mass is 9.87. The van der Waals surface area contributed by atoms with Gasteiger partial charge in [0.25, 0.3) is 5.56 Å². The van der Waals surface area contributed by atoms with Gasteiger partial charge in [0.05, 0.1) is 6.26 Å². The van der Waals surface area contributed by atoms with Gasteiger partial charge in [0.1, 0.15) is 12.2 Å². The van der Waals surface area contributed by atoms with E-state index >= 15 is 0 Å². The summed E-state index contributed by atoms with van der Waals surface area (Å²) in [6.45, 7) is 6.22. The zero-order valence-corrected chi connectivity index (χ0v) is 15.0. The van der Waals surface area contributed by atoms with E-state index in [0.29, 0.717) is 17.1 Å². The first-order chi connectivity index (χ1) is 12.3. The van der Waals surface area contributed by atoms with E-state index in [-0.39, 0.29) is 23.4 Å². The van der Waals surface area contributed by atoms with Crippen molar-refractivity contribution in [3.63, 3.8) is 0 Å². The van der Waals surface area contributed by atoms with Crippen LogP contribution in [0.2, 0.25) is 0 Å². The van der Waals surface area contributed by atoms with Crippen molar-refractivity contribution in [2.45, 2.75) is 32.7 Å². The van der Waals surface area contributed by atoms with Crippen LogP contribution in [0.25, 0.3) is 11.5 Å². The summed E-state index contributed by atoms with van der Waals surface area (Å²) < 4.78 is 6.40. The second-order valence-electron chi connectivity index (χ2n) is 7.07. The molecule has 3 aromatic rings. The Morgan fingerprint density at radius 1 is 1.12 bits per heavy atom. The molecule has 0 aliphatic heterocycles. The van der Waals surface area contributed by atoms with Crippen LogP contribution in [0.4, 0.5) is 5.69 Å². The van der Waals surface area contributed by atoms with E-state index in [1.54, 1.807) is 18.2 Å². The Morgan fingerprint density at radius 3 is 2.46 bits per heavy atom. The summed E-state index contributed by atoms with van der Waals surface area (Å²) in [5.41, 5.74) is 2.06. The standard InChI is InChI=1S/C20H21N3O3/c1-20(2,3)14-6-8-15(9-7-14)21-18(24)13-23-19(25)11-10-16(22-23)17-5-4-12-26-17/h4-12H,13H2,1-3H3,(H,21,24). The number of nitrogens with one attached hydrogen (secondary N) is 1. The summed E-state index contributed by atoms with van der Waals surface area (Å²) in [6.07, 6.45) is 1.53. The highest BCUT2D eigenvalue weighted by Crippen LogP contribution is 2.23. The molecule has 6 heteroatoms. The lowest BCUT2D eigenvalue weighted by Crippen LogP contribution is -2.29. The number of aromatic nitrogens is 2. The second kappa shape index (κ2) is 7.00. The second-order valence-corrected chi connectivity index (χ2v) is 7.07. The van der Waals surface area contributed by atoms with Crippen molar-refractivity contribution in [3.8, 4) is 11.5 Å². The van der Waals surface area contributed by atoms with Gasteiger partial charge in [-0.3, -0.25) is 9.59 Å². The summed E-state index contributed by atoms with van der Waals surface area (Å²) in [4.78, 5) is 24.3. The average molecular weight is 351 g/mol. The van der Waals surface area contributed by atoms with E-state index in [1.165, 1.54) is 17.9 Å². The summed E-state index contributed by atoms with van der Waals surface area (Å²) in [5, 5.41) is 6.98. The molecular formula is C20H21N3O3. The third kappa shape index (κ3) is 4.08. The first-order valence-electron chi connectivity index (χ1n) is 8.35. The molecule has 0 aliphatic rings. The summed E-state index contributed by atoms with van der Waals surface area (Å²) in [6, 6.07) is 14.1. The highest BCUT2D eigenvalue weighted by Gasteiger charge is 2.14. The number of hydrogen-bond acceptors (Lipinski definition) is 4. The monoisotopic (exact) mass is 351 g/mol. The molecule has 3 rings (SSSR count). The van der Waals surface area contributed by atoms with Crippen molar-refractivity contribution in [2.24, 2.45) is 0 Å². The van der Waals surface area contributed by atoms with Gasteiger partial charge in [-0.05, 0) is 41.3 Å². The Balaban J connectivity index is 1.72. The van der Waals surface area contributed by atoms with Gasteiger partial charge in [-0.15, -0.1) is 0 Å². The first kappa shape index (κ1) is 17.7. The lowest BCUT2D eigenvalue weighted by molar-refractivity contribution is -0.117. The van der Waals surface area contributed by atoms with Crippen LogP contribution in [0.5, 0.6) is 0 Å². The topological polar surface area (TPSA) is 77.1 Å². The fourth-order valence-corrected chi connectivity index (χ4v) is 2.51. The molecular weight excluding hydrogens is 330 g/mol. The number of hydrogen-bond donors (Lipinski definition) is 1. The van der Waals surface area contributed by atoms with Gasteiger partial charge >= 0.3 is 0 Å². The third-order valence-electron chi connectivity index (χ3n) is 3.97. The fourth-order valence-electron chi connectivity index (χ4n) is 2.51. The number of nitrogens with zero attached hydrogens (tertiary/aromatic N) is 2. The fraction of sp³-hybridized carbons (Fsp3) is 0.250. The first-order valence-corrected chi connectivity index (χ1v) is 8.35. The Kier molecular flexibility index (Phi) is 4.75. The molecule has 1 aromatic carbocycles. The molecule has 1 N–H and O–H groups in total. The van der Waals surface area contributed by atoms with Crippen molar-refractivity contribution in [1.82, 2.24) is 9.78 Å². The molecule has 0 radical (unpaired) electrons. The van der Waals surface area contributed by atoms with Gasteiger partial charge < -0.3 is 9.73 Å². The molecule has 0 saturated heterocycles. The smallest absolute Gasteiger partial charge is 0.267 e. The number of amides is 1. The number of anilines is 1. The largest absolute Gasteiger partial charge is 0.463 e. The van der Waals surface area contributed by atoms with Crippen LogP contribution >= 0.6 is 0 Å². The van der Waals surface area contributed by atoms with Crippen molar-refractivity contribution < 1.29 is 9.21 Å². The molecule has 0 unspecified atom stereocenters. The minimum Gasteiger partial charge on any atom is -0.463 e. The molecule has 2 heterocycles. The number of rotatable bonds is 4. The summed E-state index contributed by atoms with van der Waals surface area (Å²) >= 11 is 0. The summed E-state index contributed by atoms with van der Waals surface area (Å²) in [7, 11) is 0. The quantitative estimate of drug-likeness (QED) is 0.781. The zero-order chi connectivity index (χ0) is 18.7. The van der Waals surface area contributed by atoms with Crippen LogP contribution in [-0.2, 0) is 16.8 Å². The number of carbonyl (C=O) groups excluding carboxylic acids is 1. The van der Waals surface area contributed by atoms with Gasteiger partial charge in [-0.1, -0.05) is 32.9 Å². The predicted molar refractivity (Wildman–Crippen MR) is 100.0 cm³/mol. The van der Waals surface area contributed by atoms with E-state index in [4.69, 9.17) is 4.42 Å². The Bertz CT molecular complexity index is 949. The maximum atomic E-state index is 12.3.